The molecule has 4 aliphatic rings. The van der Waals surface area contributed by atoms with Gasteiger partial charge in [-0.05, 0) is 58.2 Å². The molecule has 0 aromatic heterocycles. The predicted octanol–water partition coefficient (Wildman–Crippen LogP) is -3.81. The van der Waals surface area contributed by atoms with Gasteiger partial charge in [-0.2, -0.15) is 0 Å². The molecule has 2 saturated carbocycles. The van der Waals surface area contributed by atoms with Crippen LogP contribution in [0.15, 0.2) is 11.8 Å². The molecule has 2 aliphatic carbocycles. The number of carbonyl (C=O) groups is 1. The number of urea groups is 1. The zero-order chi connectivity index (χ0) is 31.5. The molecule has 2 amide bonds. The van der Waals surface area contributed by atoms with Crippen molar-refractivity contribution in [3.05, 3.63) is 11.8 Å². The van der Waals surface area contributed by atoms with Crippen molar-refractivity contribution in [2.45, 2.75) is 99.1 Å². The van der Waals surface area contributed by atoms with Gasteiger partial charge < -0.3 is 68.4 Å². The second-order valence-electron chi connectivity index (χ2n) is 12.6. The summed E-state index contributed by atoms with van der Waals surface area (Å²) in [6, 6.07) is -3.17. The molecule has 3 fully saturated rings. The highest BCUT2D eigenvalue weighted by Crippen LogP contribution is 2.37. The molecular formula is C27H52N8O8. The van der Waals surface area contributed by atoms with Crippen molar-refractivity contribution in [1.82, 2.24) is 21.0 Å². The minimum Gasteiger partial charge on any atom is -0.492 e. The molecular weight excluding hydrogens is 564 g/mol. The fourth-order valence-electron chi connectivity index (χ4n) is 6.87. The van der Waals surface area contributed by atoms with Gasteiger partial charge in [-0.25, -0.2) is 9.86 Å². The van der Waals surface area contributed by atoms with E-state index in [9.17, 15) is 25.3 Å². The van der Waals surface area contributed by atoms with E-state index in [4.69, 9.17) is 37.1 Å². The lowest BCUT2D eigenvalue weighted by Crippen LogP contribution is -2.70. The van der Waals surface area contributed by atoms with E-state index in [1.54, 1.807) is 7.05 Å². The van der Waals surface area contributed by atoms with Crippen molar-refractivity contribution in [3.63, 3.8) is 0 Å². The molecule has 2 heterocycles. The van der Waals surface area contributed by atoms with Crippen molar-refractivity contribution in [2.24, 2.45) is 34.8 Å². The third-order valence-corrected chi connectivity index (χ3v) is 9.27. The van der Waals surface area contributed by atoms with Crippen LogP contribution < -0.4 is 38.9 Å². The van der Waals surface area contributed by atoms with Crippen LogP contribution in [0.1, 0.15) is 32.6 Å². The minimum atomic E-state index is -1.39. The average Bonchev–Trinajstić information content (AvgIpc) is 2.94. The van der Waals surface area contributed by atoms with E-state index in [1.807, 2.05) is 6.08 Å². The van der Waals surface area contributed by atoms with Crippen molar-refractivity contribution in [3.8, 4) is 0 Å². The number of amides is 2. The molecule has 16 nitrogen and oxygen atoms in total. The molecule has 16 heteroatoms. The van der Waals surface area contributed by atoms with Crippen LogP contribution in [0, 0.1) is 11.8 Å². The molecule has 15 N–H and O–H groups in total. The Kier molecular flexibility index (Phi) is 11.6. The zero-order valence-corrected chi connectivity index (χ0v) is 25.0. The predicted molar refractivity (Wildman–Crippen MR) is 155 cm³/mol. The summed E-state index contributed by atoms with van der Waals surface area (Å²) in [4.78, 5) is 12.8. The summed E-state index contributed by atoms with van der Waals surface area (Å²) < 4.78 is 18.3. The number of nitrogens with one attached hydrogen (secondary N) is 3. The van der Waals surface area contributed by atoms with Crippen LogP contribution in [-0.4, -0.2) is 138 Å². The first-order chi connectivity index (χ1) is 20.4. The molecule has 43 heavy (non-hydrogen) atoms. The molecule has 0 bridgehead atoms. The molecule has 0 aromatic carbocycles. The van der Waals surface area contributed by atoms with E-state index in [0.29, 0.717) is 23.2 Å². The monoisotopic (exact) mass is 616 g/mol. The second-order valence-corrected chi connectivity index (χ2v) is 12.6. The standard InChI is InChI=1S/C27H52N8O8/c1-27(39)12-41-25(21(37)24(27)32-2)43-23-18(34-26(38)35(40)6-5-28)9-16(31)19(20(23)36)22-17(4-3-15(10-29)42-22)33-11-13-7-14(30)8-13/h3,13-14,16-25,32-33,36-37,39-40H,4-12,28-31H2,1-2H3,(H,34,38). The fourth-order valence-corrected chi connectivity index (χ4v) is 6.87. The number of hydrogen-bond donors (Lipinski definition) is 11. The van der Waals surface area contributed by atoms with Crippen LogP contribution in [-0.2, 0) is 14.2 Å². The molecule has 0 radical (unpaired) electrons. The van der Waals surface area contributed by atoms with E-state index < -0.39 is 66.4 Å². The Balaban J connectivity index is 1.58. The SMILES string of the molecule is CNC1C(O)C(OC2C(NC(=O)N(O)CCN)CC(N)C(C3OC(CN)=CCC3NCC3CC(N)C3)C2O)OCC1(C)O. The van der Waals surface area contributed by atoms with E-state index in [0.717, 1.165) is 19.4 Å². The van der Waals surface area contributed by atoms with Gasteiger partial charge in [0.2, 0.25) is 0 Å². The first kappa shape index (κ1) is 34.2. The number of rotatable bonds is 11. The van der Waals surface area contributed by atoms with E-state index >= 15 is 0 Å². The Morgan fingerprint density at radius 3 is 2.53 bits per heavy atom. The number of likely N-dealkylation sites (N-methyl/N-ethyl adjacent to an activating group) is 1. The summed E-state index contributed by atoms with van der Waals surface area (Å²) in [5.41, 5.74) is 22.7. The number of nitrogens with zero attached hydrogens (tertiary/aromatic N) is 1. The van der Waals surface area contributed by atoms with Crippen molar-refractivity contribution >= 4 is 6.03 Å². The Labute approximate surface area is 252 Å². The van der Waals surface area contributed by atoms with Crippen molar-refractivity contribution < 1.29 is 39.5 Å². The Bertz CT molecular complexity index is 956. The topological polar surface area (TPSA) is 269 Å². The van der Waals surface area contributed by atoms with Crippen LogP contribution in [0.3, 0.4) is 0 Å². The van der Waals surface area contributed by atoms with Gasteiger partial charge in [0.15, 0.2) is 6.29 Å². The van der Waals surface area contributed by atoms with Gasteiger partial charge in [-0.1, -0.05) is 0 Å². The number of hydroxylamine groups is 2. The van der Waals surface area contributed by atoms with E-state index in [1.165, 1.54) is 6.92 Å². The largest absolute Gasteiger partial charge is 0.492 e. The van der Waals surface area contributed by atoms with Gasteiger partial charge in [-0.15, -0.1) is 0 Å². The van der Waals surface area contributed by atoms with Gasteiger partial charge in [-0.3, -0.25) is 5.21 Å². The summed E-state index contributed by atoms with van der Waals surface area (Å²) >= 11 is 0. The average molecular weight is 617 g/mol. The molecule has 1 saturated heterocycles. The highest BCUT2D eigenvalue weighted by molar-refractivity contribution is 5.73. The molecule has 4 rings (SSSR count). The molecule has 11 unspecified atom stereocenters. The normalized spacial score (nSPS) is 43.3. The maximum Gasteiger partial charge on any atom is 0.341 e. The van der Waals surface area contributed by atoms with E-state index in [2.05, 4.69) is 16.0 Å². The summed E-state index contributed by atoms with van der Waals surface area (Å²) in [7, 11) is 1.60. The van der Waals surface area contributed by atoms with Gasteiger partial charge in [0.1, 0.15) is 29.7 Å². The first-order valence-corrected chi connectivity index (χ1v) is 15.2. The maximum atomic E-state index is 12.8. The van der Waals surface area contributed by atoms with E-state index in [-0.39, 0.29) is 44.7 Å². The lowest BCUT2D eigenvalue weighted by Gasteiger charge is -2.51. The molecule has 0 aromatic rings. The van der Waals surface area contributed by atoms with Crippen LogP contribution >= 0.6 is 0 Å². The van der Waals surface area contributed by atoms with Gasteiger partial charge in [0.25, 0.3) is 0 Å². The first-order valence-electron chi connectivity index (χ1n) is 15.2. The van der Waals surface area contributed by atoms with Crippen LogP contribution in [0.25, 0.3) is 0 Å². The molecule has 2 aliphatic heterocycles. The number of aliphatic hydroxyl groups is 3. The summed E-state index contributed by atoms with van der Waals surface area (Å²) in [5, 5.41) is 53.4. The third-order valence-electron chi connectivity index (χ3n) is 9.27. The summed E-state index contributed by atoms with van der Waals surface area (Å²) in [6.07, 6.45) is -1.03. The molecule has 0 spiro atoms. The molecule has 11 atom stereocenters. The highest BCUT2D eigenvalue weighted by atomic mass is 16.7. The van der Waals surface area contributed by atoms with Crippen molar-refractivity contribution in [2.75, 3.05) is 39.8 Å². The lowest BCUT2D eigenvalue weighted by atomic mass is 9.72. The quantitative estimate of drug-likeness (QED) is 0.0785. The van der Waals surface area contributed by atoms with Crippen molar-refractivity contribution in [1.29, 1.82) is 0 Å². The van der Waals surface area contributed by atoms with Crippen LogP contribution in [0.2, 0.25) is 0 Å². The van der Waals surface area contributed by atoms with Crippen LogP contribution in [0.4, 0.5) is 4.79 Å². The number of nitrogens with two attached hydrogens (primary N) is 4. The second kappa shape index (κ2) is 14.6. The summed E-state index contributed by atoms with van der Waals surface area (Å²) in [5.74, 6) is 0.366. The lowest BCUT2D eigenvalue weighted by molar-refractivity contribution is -0.297. The maximum absolute atomic E-state index is 12.8. The zero-order valence-electron chi connectivity index (χ0n) is 25.0. The number of hydrogen-bond acceptors (Lipinski definition) is 14. The van der Waals surface area contributed by atoms with Gasteiger partial charge in [0.05, 0.1) is 37.9 Å². The number of ether oxygens (including phenoxy) is 3. The number of aliphatic hydroxyl groups excluding tert-OH is 2. The Morgan fingerprint density at radius 1 is 1.19 bits per heavy atom. The molecule has 248 valence electrons. The van der Waals surface area contributed by atoms with Gasteiger partial charge >= 0.3 is 6.03 Å². The minimum absolute atomic E-state index is 0.0311. The summed E-state index contributed by atoms with van der Waals surface area (Å²) in [6.45, 7) is 2.20. The van der Waals surface area contributed by atoms with Crippen LogP contribution in [0.5, 0.6) is 0 Å². The number of carbonyl (C=O) groups excluding carboxylic acids is 1. The smallest absolute Gasteiger partial charge is 0.341 e. The third kappa shape index (κ3) is 7.77. The fraction of sp³-hybridized carbons (Fsp3) is 0.889. The highest BCUT2D eigenvalue weighted by Gasteiger charge is 2.54. The Morgan fingerprint density at radius 2 is 1.91 bits per heavy atom. The van der Waals surface area contributed by atoms with Gasteiger partial charge in [0, 0.05) is 30.6 Å². The Hall–Kier alpha value is -1.67.